The van der Waals surface area contributed by atoms with Crippen LogP contribution in [0.25, 0.3) is 0 Å². The van der Waals surface area contributed by atoms with Crippen LogP contribution in [0.1, 0.15) is 36.8 Å². The summed E-state index contributed by atoms with van der Waals surface area (Å²) in [5.74, 6) is 0. The highest BCUT2D eigenvalue weighted by atomic mass is 16.3. The molecule has 0 spiro atoms. The van der Waals surface area contributed by atoms with Crippen LogP contribution in [-0.4, -0.2) is 59.3 Å². The number of piperidine rings is 2. The average Bonchev–Trinajstić information content (AvgIpc) is 2.57. The monoisotopic (exact) mass is 331 g/mol. The lowest BCUT2D eigenvalue weighted by Crippen LogP contribution is -2.52. The Morgan fingerprint density at radius 2 is 2.04 bits per heavy atom. The molecule has 5 nitrogen and oxygen atoms in total. The van der Waals surface area contributed by atoms with Crippen LogP contribution in [0.15, 0.2) is 24.3 Å². The second kappa shape index (κ2) is 7.99. The molecule has 0 saturated carbocycles. The largest absolute Gasteiger partial charge is 0.391 e. The van der Waals surface area contributed by atoms with E-state index in [1.165, 1.54) is 11.1 Å². The van der Waals surface area contributed by atoms with Crippen LogP contribution in [0.3, 0.4) is 0 Å². The topological polar surface area (TPSA) is 55.8 Å². The minimum absolute atomic E-state index is 0.00844. The first kappa shape index (κ1) is 17.2. The van der Waals surface area contributed by atoms with Gasteiger partial charge in [-0.05, 0) is 38.2 Å². The molecule has 1 atom stereocenters. The first-order chi connectivity index (χ1) is 11.6. The summed E-state index contributed by atoms with van der Waals surface area (Å²) in [5.41, 5.74) is 2.66. The number of aliphatic hydroxyl groups excluding tert-OH is 1. The fraction of sp³-hybridized carbons (Fsp3) is 0.632. The smallest absolute Gasteiger partial charge is 0.317 e. The van der Waals surface area contributed by atoms with Gasteiger partial charge in [0.05, 0.1) is 6.10 Å². The van der Waals surface area contributed by atoms with Crippen molar-refractivity contribution < 1.29 is 9.90 Å². The normalized spacial score (nSPS) is 23.2. The number of carbonyl (C=O) groups excluding carboxylic acids is 1. The summed E-state index contributed by atoms with van der Waals surface area (Å²) in [6.45, 7) is 6.37. The van der Waals surface area contributed by atoms with Gasteiger partial charge in [0.15, 0.2) is 0 Å². The molecule has 2 N–H and O–H groups in total. The summed E-state index contributed by atoms with van der Waals surface area (Å²) in [6, 6.07) is 8.92. The number of benzene rings is 1. The Morgan fingerprint density at radius 1 is 1.25 bits per heavy atom. The van der Waals surface area contributed by atoms with Crippen molar-refractivity contribution in [3.05, 3.63) is 35.4 Å². The number of nitrogens with zero attached hydrogens (tertiary/aromatic N) is 2. The summed E-state index contributed by atoms with van der Waals surface area (Å²) >= 11 is 0. The molecule has 2 amide bonds. The van der Waals surface area contributed by atoms with E-state index in [4.69, 9.17) is 0 Å². The van der Waals surface area contributed by atoms with Crippen molar-refractivity contribution in [2.24, 2.45) is 0 Å². The lowest BCUT2D eigenvalue weighted by molar-refractivity contribution is 0.0817. The van der Waals surface area contributed by atoms with E-state index in [2.05, 4.69) is 41.4 Å². The molecule has 0 radical (unpaired) electrons. The third kappa shape index (κ3) is 4.71. The van der Waals surface area contributed by atoms with Crippen molar-refractivity contribution in [1.82, 2.24) is 15.1 Å². The number of carbonyl (C=O) groups is 1. The van der Waals surface area contributed by atoms with Crippen molar-refractivity contribution in [2.45, 2.75) is 51.3 Å². The SMILES string of the molecule is Cc1cccc(CN2CCC(NC(=O)N3CCCC(O)C3)CC2)c1. The van der Waals surface area contributed by atoms with Crippen molar-refractivity contribution in [3.63, 3.8) is 0 Å². The van der Waals surface area contributed by atoms with Crippen LogP contribution in [0, 0.1) is 6.92 Å². The minimum Gasteiger partial charge on any atom is -0.391 e. The van der Waals surface area contributed by atoms with E-state index >= 15 is 0 Å². The summed E-state index contributed by atoms with van der Waals surface area (Å²) in [6.07, 6.45) is 3.33. The standard InChI is InChI=1S/C19H29N3O2/c1-15-4-2-5-16(12-15)13-21-10-7-17(8-11-21)20-19(24)22-9-3-6-18(23)14-22/h2,4-5,12,17-18,23H,3,6-11,13-14H2,1H3,(H,20,24). The van der Waals surface area contributed by atoms with Gasteiger partial charge in [0.25, 0.3) is 0 Å². The van der Waals surface area contributed by atoms with Gasteiger partial charge >= 0.3 is 6.03 Å². The van der Waals surface area contributed by atoms with Crippen LogP contribution in [-0.2, 0) is 6.54 Å². The van der Waals surface area contributed by atoms with Crippen molar-refractivity contribution in [1.29, 1.82) is 0 Å². The third-order valence-electron chi connectivity index (χ3n) is 5.09. The van der Waals surface area contributed by atoms with E-state index in [0.717, 1.165) is 51.9 Å². The maximum atomic E-state index is 12.3. The van der Waals surface area contributed by atoms with Crippen LogP contribution in [0.2, 0.25) is 0 Å². The van der Waals surface area contributed by atoms with E-state index in [1.54, 1.807) is 4.90 Å². The van der Waals surface area contributed by atoms with Gasteiger partial charge in [-0.25, -0.2) is 4.79 Å². The van der Waals surface area contributed by atoms with Gasteiger partial charge in [-0.2, -0.15) is 0 Å². The number of hydrogen-bond acceptors (Lipinski definition) is 3. The molecule has 2 saturated heterocycles. The molecule has 1 aromatic carbocycles. The third-order valence-corrected chi connectivity index (χ3v) is 5.09. The zero-order valence-corrected chi connectivity index (χ0v) is 14.6. The molecule has 24 heavy (non-hydrogen) atoms. The zero-order valence-electron chi connectivity index (χ0n) is 14.6. The maximum absolute atomic E-state index is 12.3. The van der Waals surface area contributed by atoms with Crippen LogP contribution >= 0.6 is 0 Å². The Hall–Kier alpha value is -1.59. The summed E-state index contributed by atoms with van der Waals surface area (Å²) in [5, 5.41) is 12.9. The lowest BCUT2D eigenvalue weighted by atomic mass is 10.0. The van der Waals surface area contributed by atoms with Gasteiger partial charge in [0, 0.05) is 38.8 Å². The van der Waals surface area contributed by atoms with Gasteiger partial charge in [-0.1, -0.05) is 29.8 Å². The minimum atomic E-state index is -0.360. The second-order valence-electron chi connectivity index (χ2n) is 7.23. The number of urea groups is 1. The lowest BCUT2D eigenvalue weighted by Gasteiger charge is -2.35. The van der Waals surface area contributed by atoms with Crippen molar-refractivity contribution in [3.8, 4) is 0 Å². The highest BCUT2D eigenvalue weighted by Crippen LogP contribution is 2.16. The number of amides is 2. The molecule has 3 rings (SSSR count). The number of aryl methyl sites for hydroxylation is 1. The van der Waals surface area contributed by atoms with E-state index in [9.17, 15) is 9.90 Å². The second-order valence-corrected chi connectivity index (χ2v) is 7.23. The van der Waals surface area contributed by atoms with Gasteiger partial charge < -0.3 is 15.3 Å². The first-order valence-corrected chi connectivity index (χ1v) is 9.11. The number of hydrogen-bond donors (Lipinski definition) is 2. The number of rotatable bonds is 3. The molecule has 2 heterocycles. The quantitative estimate of drug-likeness (QED) is 0.892. The van der Waals surface area contributed by atoms with Crippen molar-refractivity contribution >= 4 is 6.03 Å². The van der Waals surface area contributed by atoms with E-state index < -0.39 is 0 Å². The highest BCUT2D eigenvalue weighted by Gasteiger charge is 2.26. The van der Waals surface area contributed by atoms with Crippen LogP contribution in [0.4, 0.5) is 4.79 Å². The molecular formula is C19H29N3O2. The Kier molecular flexibility index (Phi) is 5.74. The molecule has 2 aliphatic heterocycles. The first-order valence-electron chi connectivity index (χ1n) is 9.11. The molecule has 0 aliphatic carbocycles. The molecule has 1 aromatic rings. The summed E-state index contributed by atoms with van der Waals surface area (Å²) in [7, 11) is 0. The Labute approximate surface area is 144 Å². The molecule has 0 bridgehead atoms. The highest BCUT2D eigenvalue weighted by molar-refractivity contribution is 5.74. The predicted octanol–water partition coefficient (Wildman–Crippen LogP) is 2.13. The van der Waals surface area contributed by atoms with E-state index in [0.29, 0.717) is 6.54 Å². The summed E-state index contributed by atoms with van der Waals surface area (Å²) < 4.78 is 0. The molecule has 5 heteroatoms. The average molecular weight is 331 g/mol. The van der Waals surface area contributed by atoms with Gasteiger partial charge in [0.2, 0.25) is 0 Å². The fourth-order valence-corrected chi connectivity index (χ4v) is 3.71. The summed E-state index contributed by atoms with van der Waals surface area (Å²) in [4.78, 5) is 16.5. The Balaban J connectivity index is 1.42. The van der Waals surface area contributed by atoms with Gasteiger partial charge in [-0.3, -0.25) is 4.90 Å². The molecular weight excluding hydrogens is 302 g/mol. The van der Waals surface area contributed by atoms with Gasteiger partial charge in [0.1, 0.15) is 0 Å². The molecule has 2 fully saturated rings. The van der Waals surface area contributed by atoms with Crippen LogP contribution < -0.4 is 5.32 Å². The number of aliphatic hydroxyl groups is 1. The molecule has 1 unspecified atom stereocenters. The Morgan fingerprint density at radius 3 is 2.75 bits per heavy atom. The number of β-amino-alcohol motifs (C(OH)–C–C–N with tert-alkyl or cyclic N) is 1. The molecule has 2 aliphatic rings. The molecule has 0 aromatic heterocycles. The van der Waals surface area contributed by atoms with Crippen molar-refractivity contribution in [2.75, 3.05) is 26.2 Å². The maximum Gasteiger partial charge on any atom is 0.317 e. The van der Waals surface area contributed by atoms with E-state index in [-0.39, 0.29) is 18.2 Å². The van der Waals surface area contributed by atoms with E-state index in [1.807, 2.05) is 0 Å². The zero-order chi connectivity index (χ0) is 16.9. The van der Waals surface area contributed by atoms with Gasteiger partial charge in [-0.15, -0.1) is 0 Å². The molecule has 132 valence electrons. The van der Waals surface area contributed by atoms with Crippen LogP contribution in [0.5, 0.6) is 0 Å². The Bertz CT molecular complexity index is 555. The predicted molar refractivity (Wildman–Crippen MR) is 94.8 cm³/mol. The number of likely N-dealkylation sites (tertiary alicyclic amines) is 2. The fourth-order valence-electron chi connectivity index (χ4n) is 3.71. The number of nitrogens with one attached hydrogen (secondary N) is 1.